The number of hydrogen-bond acceptors (Lipinski definition) is 4. The summed E-state index contributed by atoms with van der Waals surface area (Å²) in [6.07, 6.45) is 1.79. The highest BCUT2D eigenvalue weighted by molar-refractivity contribution is 8.18. The average molecular weight is 280 g/mol. The van der Waals surface area contributed by atoms with E-state index in [1.165, 1.54) is 0 Å². The summed E-state index contributed by atoms with van der Waals surface area (Å²) in [7, 11) is 0. The van der Waals surface area contributed by atoms with E-state index in [9.17, 15) is 9.59 Å². The van der Waals surface area contributed by atoms with Crippen molar-refractivity contribution >= 4 is 35.5 Å². The van der Waals surface area contributed by atoms with E-state index in [1.54, 1.807) is 23.5 Å². The molecular formula is C11H20O4S2. The molecule has 0 aromatic heterocycles. The van der Waals surface area contributed by atoms with Gasteiger partial charge in [-0.15, -0.1) is 23.5 Å². The third-order valence-corrected chi connectivity index (χ3v) is 5.05. The maximum absolute atomic E-state index is 10.3. The largest absolute Gasteiger partial charge is 0.481 e. The molecule has 0 atom stereocenters. The van der Waals surface area contributed by atoms with E-state index >= 15 is 0 Å². The SMILES string of the molecule is CC(C)(SCCCC(=O)O)SCCCC(=O)O. The van der Waals surface area contributed by atoms with Crippen molar-refractivity contribution < 1.29 is 19.8 Å². The van der Waals surface area contributed by atoms with Crippen molar-refractivity contribution in [1.82, 2.24) is 0 Å². The monoisotopic (exact) mass is 280 g/mol. The molecule has 0 aromatic carbocycles. The van der Waals surface area contributed by atoms with E-state index in [0.717, 1.165) is 11.5 Å². The maximum Gasteiger partial charge on any atom is 0.303 e. The van der Waals surface area contributed by atoms with Crippen LogP contribution in [0, 0.1) is 0 Å². The third-order valence-electron chi connectivity index (χ3n) is 1.97. The van der Waals surface area contributed by atoms with Crippen molar-refractivity contribution in [3.63, 3.8) is 0 Å². The Morgan fingerprint density at radius 3 is 1.59 bits per heavy atom. The van der Waals surface area contributed by atoms with Crippen LogP contribution in [0.4, 0.5) is 0 Å². The molecule has 6 heteroatoms. The van der Waals surface area contributed by atoms with Crippen LogP contribution in [0.2, 0.25) is 0 Å². The summed E-state index contributed by atoms with van der Waals surface area (Å²) in [6.45, 7) is 4.17. The van der Waals surface area contributed by atoms with Gasteiger partial charge in [-0.3, -0.25) is 9.59 Å². The summed E-state index contributed by atoms with van der Waals surface area (Å²) in [5, 5.41) is 17.0. The number of thioether (sulfide) groups is 2. The van der Waals surface area contributed by atoms with Crippen molar-refractivity contribution in [1.29, 1.82) is 0 Å². The summed E-state index contributed by atoms with van der Waals surface area (Å²) >= 11 is 3.46. The predicted octanol–water partition coefficient (Wildman–Crippen LogP) is 2.92. The Morgan fingerprint density at radius 1 is 0.941 bits per heavy atom. The molecule has 0 aromatic rings. The molecule has 17 heavy (non-hydrogen) atoms. The lowest BCUT2D eigenvalue weighted by Crippen LogP contribution is -2.11. The standard InChI is InChI=1S/C11H20O4S2/c1-11(2,16-7-3-5-9(12)13)17-8-4-6-10(14)15/h3-8H2,1-2H3,(H,12,13)(H,14,15). The molecule has 0 spiro atoms. The van der Waals surface area contributed by atoms with E-state index in [1.807, 2.05) is 0 Å². The normalized spacial score (nSPS) is 11.4. The maximum atomic E-state index is 10.3. The highest BCUT2D eigenvalue weighted by Crippen LogP contribution is 2.37. The summed E-state index contributed by atoms with van der Waals surface area (Å²) < 4.78 is 0.0248. The minimum atomic E-state index is -0.752. The van der Waals surface area contributed by atoms with Gasteiger partial charge in [-0.1, -0.05) is 0 Å². The molecule has 0 aliphatic heterocycles. The highest BCUT2D eigenvalue weighted by Gasteiger charge is 2.18. The van der Waals surface area contributed by atoms with Gasteiger partial charge in [0, 0.05) is 12.8 Å². The first kappa shape index (κ1) is 16.6. The fraction of sp³-hybridized carbons (Fsp3) is 0.818. The van der Waals surface area contributed by atoms with Gasteiger partial charge in [0.05, 0.1) is 4.08 Å². The second kappa shape index (κ2) is 8.69. The van der Waals surface area contributed by atoms with E-state index in [0.29, 0.717) is 12.8 Å². The second-order valence-electron chi connectivity index (χ2n) is 4.09. The van der Waals surface area contributed by atoms with Gasteiger partial charge in [0.25, 0.3) is 0 Å². The smallest absolute Gasteiger partial charge is 0.303 e. The summed E-state index contributed by atoms with van der Waals surface area (Å²) in [5.41, 5.74) is 0. The fourth-order valence-corrected chi connectivity index (χ4v) is 3.52. The highest BCUT2D eigenvalue weighted by atomic mass is 32.2. The molecule has 0 heterocycles. The number of carboxylic acids is 2. The summed E-state index contributed by atoms with van der Waals surface area (Å²) in [4.78, 5) is 20.7. The minimum Gasteiger partial charge on any atom is -0.481 e. The molecule has 0 fully saturated rings. The Hall–Kier alpha value is -0.360. The van der Waals surface area contributed by atoms with E-state index in [2.05, 4.69) is 13.8 Å². The first-order valence-electron chi connectivity index (χ1n) is 5.55. The molecule has 0 saturated carbocycles. The Balaban J connectivity index is 3.57. The van der Waals surface area contributed by atoms with Gasteiger partial charge in [0.15, 0.2) is 0 Å². The first-order chi connectivity index (χ1) is 7.83. The van der Waals surface area contributed by atoms with Gasteiger partial charge in [-0.05, 0) is 38.2 Å². The number of rotatable bonds is 10. The van der Waals surface area contributed by atoms with Gasteiger partial charge in [0.2, 0.25) is 0 Å². The molecule has 4 nitrogen and oxygen atoms in total. The zero-order valence-electron chi connectivity index (χ0n) is 10.3. The molecule has 2 N–H and O–H groups in total. The van der Waals surface area contributed by atoms with Crippen LogP contribution >= 0.6 is 23.5 Å². The van der Waals surface area contributed by atoms with Crippen LogP contribution in [-0.2, 0) is 9.59 Å². The molecular weight excluding hydrogens is 260 g/mol. The number of carboxylic acid groups (broad SMARTS) is 2. The van der Waals surface area contributed by atoms with Crippen LogP contribution in [0.25, 0.3) is 0 Å². The molecule has 0 amide bonds. The zero-order valence-corrected chi connectivity index (χ0v) is 11.9. The molecule has 0 aliphatic carbocycles. The molecule has 0 aliphatic rings. The van der Waals surface area contributed by atoms with E-state index in [4.69, 9.17) is 10.2 Å². The zero-order chi connectivity index (χ0) is 13.3. The third kappa shape index (κ3) is 11.9. The van der Waals surface area contributed by atoms with Crippen molar-refractivity contribution in [3.8, 4) is 0 Å². The quantitative estimate of drug-likeness (QED) is 0.473. The van der Waals surface area contributed by atoms with Crippen LogP contribution in [-0.4, -0.2) is 37.7 Å². The number of hydrogen-bond donors (Lipinski definition) is 2. The van der Waals surface area contributed by atoms with Crippen LogP contribution in [0.5, 0.6) is 0 Å². The lowest BCUT2D eigenvalue weighted by Gasteiger charge is -2.23. The van der Waals surface area contributed by atoms with Crippen LogP contribution in [0.1, 0.15) is 39.5 Å². The van der Waals surface area contributed by atoms with Gasteiger partial charge < -0.3 is 10.2 Å². The second-order valence-corrected chi connectivity index (χ2v) is 7.78. The fourth-order valence-electron chi connectivity index (χ4n) is 1.12. The van der Waals surface area contributed by atoms with Crippen molar-refractivity contribution in [2.45, 2.75) is 43.6 Å². The van der Waals surface area contributed by atoms with Gasteiger partial charge in [-0.2, -0.15) is 0 Å². The van der Waals surface area contributed by atoms with Crippen molar-refractivity contribution in [3.05, 3.63) is 0 Å². The summed E-state index contributed by atoms with van der Waals surface area (Å²) in [6, 6.07) is 0. The Morgan fingerprint density at radius 2 is 1.29 bits per heavy atom. The molecule has 0 rings (SSSR count). The van der Waals surface area contributed by atoms with Crippen LogP contribution in [0.15, 0.2) is 0 Å². The van der Waals surface area contributed by atoms with Gasteiger partial charge in [0.1, 0.15) is 0 Å². The number of carbonyl (C=O) groups is 2. The van der Waals surface area contributed by atoms with E-state index in [-0.39, 0.29) is 16.9 Å². The molecule has 0 saturated heterocycles. The number of aliphatic carboxylic acids is 2. The van der Waals surface area contributed by atoms with Crippen molar-refractivity contribution in [2.75, 3.05) is 11.5 Å². The Kier molecular flexibility index (Phi) is 8.51. The van der Waals surface area contributed by atoms with Gasteiger partial charge in [-0.25, -0.2) is 0 Å². The molecule has 0 radical (unpaired) electrons. The Labute approximate surface area is 111 Å². The molecule has 100 valence electrons. The topological polar surface area (TPSA) is 74.6 Å². The molecule has 0 unspecified atom stereocenters. The first-order valence-corrected chi connectivity index (χ1v) is 7.52. The van der Waals surface area contributed by atoms with Gasteiger partial charge >= 0.3 is 11.9 Å². The predicted molar refractivity (Wildman–Crippen MR) is 72.7 cm³/mol. The summed E-state index contributed by atoms with van der Waals surface area (Å²) in [5.74, 6) is 0.145. The minimum absolute atomic E-state index is 0.0248. The van der Waals surface area contributed by atoms with Crippen LogP contribution < -0.4 is 0 Å². The van der Waals surface area contributed by atoms with E-state index < -0.39 is 11.9 Å². The van der Waals surface area contributed by atoms with Crippen LogP contribution in [0.3, 0.4) is 0 Å². The average Bonchev–Trinajstić information content (AvgIpc) is 2.19. The van der Waals surface area contributed by atoms with Crippen molar-refractivity contribution in [2.24, 2.45) is 0 Å². The lowest BCUT2D eigenvalue weighted by atomic mass is 10.3. The molecule has 0 bridgehead atoms. The lowest BCUT2D eigenvalue weighted by molar-refractivity contribution is -0.138. The Bertz CT molecular complexity index is 230.